The van der Waals surface area contributed by atoms with Crippen molar-refractivity contribution in [3.05, 3.63) is 30.1 Å². The molecule has 0 radical (unpaired) electrons. The molecule has 0 aromatic heterocycles. The molecule has 0 aliphatic heterocycles. The maximum Gasteiger partial charge on any atom is 0.190 e. The van der Waals surface area contributed by atoms with Crippen LogP contribution in [0.2, 0.25) is 0 Å². The largest absolute Gasteiger partial charge is 0.385 e. The average Bonchev–Trinajstić information content (AvgIpc) is 2.53. The van der Waals surface area contributed by atoms with E-state index in [0.717, 1.165) is 50.7 Å². The highest BCUT2D eigenvalue weighted by Gasteiger charge is 2.02. The van der Waals surface area contributed by atoms with E-state index in [9.17, 15) is 4.39 Å². The highest BCUT2D eigenvalue weighted by Crippen LogP contribution is 2.13. The molecule has 0 amide bonds. The van der Waals surface area contributed by atoms with Gasteiger partial charge in [-0.2, -0.15) is 0 Å². The molecule has 0 aliphatic carbocycles. The Morgan fingerprint density at radius 1 is 1.26 bits per heavy atom. The van der Waals surface area contributed by atoms with E-state index in [-0.39, 0.29) is 29.8 Å². The molecule has 0 heterocycles. The highest BCUT2D eigenvalue weighted by atomic mass is 127. The number of guanidine groups is 1. The Morgan fingerprint density at radius 3 is 2.57 bits per heavy atom. The summed E-state index contributed by atoms with van der Waals surface area (Å²) in [6, 6.07) is 6.64. The van der Waals surface area contributed by atoms with Crippen LogP contribution in [0.4, 0.5) is 10.1 Å². The van der Waals surface area contributed by atoms with Gasteiger partial charge in [0.1, 0.15) is 5.82 Å². The predicted octanol–water partition coefficient (Wildman–Crippen LogP) is 2.47. The van der Waals surface area contributed by atoms with Crippen LogP contribution in [0.15, 0.2) is 29.3 Å². The maximum atomic E-state index is 13.2. The van der Waals surface area contributed by atoms with E-state index in [2.05, 4.69) is 15.6 Å². The van der Waals surface area contributed by atoms with Gasteiger partial charge in [-0.1, -0.05) is 6.07 Å². The summed E-state index contributed by atoms with van der Waals surface area (Å²) < 4.78 is 18.2. The first kappa shape index (κ1) is 21.9. The minimum atomic E-state index is -0.205. The third-order valence-electron chi connectivity index (χ3n) is 3.25. The van der Waals surface area contributed by atoms with Gasteiger partial charge < -0.3 is 20.3 Å². The third-order valence-corrected chi connectivity index (χ3v) is 3.25. The second-order valence-electron chi connectivity index (χ2n) is 5.03. The number of anilines is 1. The number of hydrogen-bond acceptors (Lipinski definition) is 3. The fourth-order valence-electron chi connectivity index (χ4n) is 2.01. The van der Waals surface area contributed by atoms with Crippen molar-refractivity contribution in [3.63, 3.8) is 0 Å². The van der Waals surface area contributed by atoms with Gasteiger partial charge >= 0.3 is 0 Å². The summed E-state index contributed by atoms with van der Waals surface area (Å²) in [5.41, 5.74) is 0.891. The summed E-state index contributed by atoms with van der Waals surface area (Å²) in [7, 11) is 5.42. The fraction of sp³-hybridized carbons (Fsp3) is 0.562. The minimum absolute atomic E-state index is 0. The molecule has 23 heavy (non-hydrogen) atoms. The number of ether oxygens (including phenoxy) is 1. The van der Waals surface area contributed by atoms with Crippen molar-refractivity contribution in [1.29, 1.82) is 0 Å². The average molecular weight is 438 g/mol. The Bertz CT molecular complexity index is 459. The SMILES string of the molecule is CN=C(NCCCOC)NCCCN(C)c1cccc(F)c1.I. The molecule has 0 atom stereocenters. The molecule has 2 N–H and O–H groups in total. The molecule has 0 saturated heterocycles. The van der Waals surface area contributed by atoms with Crippen LogP contribution in [0.1, 0.15) is 12.8 Å². The zero-order valence-corrected chi connectivity index (χ0v) is 16.5. The van der Waals surface area contributed by atoms with Crippen LogP contribution in [-0.2, 0) is 4.74 Å². The zero-order chi connectivity index (χ0) is 16.2. The molecule has 7 heteroatoms. The van der Waals surface area contributed by atoms with Gasteiger partial charge in [0.15, 0.2) is 5.96 Å². The van der Waals surface area contributed by atoms with E-state index >= 15 is 0 Å². The van der Waals surface area contributed by atoms with Crippen molar-refractivity contribution in [1.82, 2.24) is 10.6 Å². The number of halogens is 2. The van der Waals surface area contributed by atoms with Gasteiger partial charge in [0.2, 0.25) is 0 Å². The molecular formula is C16H28FIN4O. The molecule has 0 bridgehead atoms. The monoisotopic (exact) mass is 438 g/mol. The second kappa shape index (κ2) is 13.4. The van der Waals surface area contributed by atoms with E-state index in [0.29, 0.717) is 0 Å². The van der Waals surface area contributed by atoms with Crippen molar-refractivity contribution >= 4 is 35.6 Å². The number of nitrogens with one attached hydrogen (secondary N) is 2. The number of rotatable bonds is 9. The minimum Gasteiger partial charge on any atom is -0.385 e. The lowest BCUT2D eigenvalue weighted by molar-refractivity contribution is 0.195. The molecule has 0 fully saturated rings. The Balaban J connectivity index is 0.00000484. The normalized spacial score (nSPS) is 10.9. The van der Waals surface area contributed by atoms with Gasteiger partial charge in [0.25, 0.3) is 0 Å². The van der Waals surface area contributed by atoms with Gasteiger partial charge in [-0.3, -0.25) is 4.99 Å². The van der Waals surface area contributed by atoms with E-state index in [4.69, 9.17) is 4.74 Å². The number of aliphatic imine (C=N–C) groups is 1. The van der Waals surface area contributed by atoms with Crippen molar-refractivity contribution in [2.45, 2.75) is 12.8 Å². The molecule has 1 aromatic carbocycles. The molecule has 5 nitrogen and oxygen atoms in total. The predicted molar refractivity (Wildman–Crippen MR) is 106 cm³/mol. The first-order valence-electron chi connectivity index (χ1n) is 7.57. The summed E-state index contributed by atoms with van der Waals surface area (Å²) in [4.78, 5) is 6.20. The summed E-state index contributed by atoms with van der Waals surface area (Å²) in [5, 5.41) is 6.49. The van der Waals surface area contributed by atoms with Crippen molar-refractivity contribution in [2.24, 2.45) is 4.99 Å². The smallest absolute Gasteiger partial charge is 0.190 e. The van der Waals surface area contributed by atoms with Crippen LogP contribution in [-0.4, -0.2) is 53.4 Å². The molecule has 0 spiro atoms. The molecule has 1 rings (SSSR count). The van der Waals surface area contributed by atoms with E-state index in [1.165, 1.54) is 6.07 Å². The quantitative estimate of drug-likeness (QED) is 0.269. The Kier molecular flexibility index (Phi) is 12.7. The fourth-order valence-corrected chi connectivity index (χ4v) is 2.01. The van der Waals surface area contributed by atoms with Crippen molar-refractivity contribution < 1.29 is 9.13 Å². The summed E-state index contributed by atoms with van der Waals surface area (Å²) in [5.74, 6) is 0.590. The number of nitrogens with zero attached hydrogens (tertiary/aromatic N) is 2. The lowest BCUT2D eigenvalue weighted by atomic mass is 10.2. The maximum absolute atomic E-state index is 13.2. The molecule has 0 unspecified atom stereocenters. The lowest BCUT2D eigenvalue weighted by Gasteiger charge is -2.19. The van der Waals surface area contributed by atoms with Gasteiger partial charge in [0.05, 0.1) is 0 Å². The number of benzene rings is 1. The van der Waals surface area contributed by atoms with Gasteiger partial charge in [-0.05, 0) is 31.0 Å². The molecule has 1 aromatic rings. The number of methoxy groups -OCH3 is 1. The first-order chi connectivity index (χ1) is 10.7. The summed E-state index contributed by atoms with van der Waals surface area (Å²) in [6.45, 7) is 3.22. The first-order valence-corrected chi connectivity index (χ1v) is 7.57. The summed E-state index contributed by atoms with van der Waals surface area (Å²) >= 11 is 0. The molecule has 0 aliphatic rings. The Hall–Kier alpha value is -1.09. The zero-order valence-electron chi connectivity index (χ0n) is 14.1. The topological polar surface area (TPSA) is 48.9 Å². The standard InChI is InChI=1S/C16H27FN4O.HI/c1-18-16(20-10-6-12-22-3)19-9-5-11-21(2)15-8-4-7-14(17)13-15;/h4,7-8,13H,5-6,9-12H2,1-3H3,(H2,18,19,20);1H. The van der Waals surface area contributed by atoms with E-state index < -0.39 is 0 Å². The Morgan fingerprint density at radius 2 is 1.96 bits per heavy atom. The molecular weight excluding hydrogens is 410 g/mol. The third kappa shape index (κ3) is 9.60. The van der Waals surface area contributed by atoms with Crippen LogP contribution >= 0.6 is 24.0 Å². The highest BCUT2D eigenvalue weighted by molar-refractivity contribution is 14.0. The van der Waals surface area contributed by atoms with E-state index in [1.807, 2.05) is 18.0 Å². The summed E-state index contributed by atoms with van der Waals surface area (Å²) in [6.07, 6.45) is 1.88. The van der Waals surface area contributed by atoms with Crippen LogP contribution in [0, 0.1) is 5.82 Å². The Labute approximate surface area is 155 Å². The van der Waals surface area contributed by atoms with Gasteiger partial charge in [0, 0.05) is 53.1 Å². The number of hydrogen-bond donors (Lipinski definition) is 2. The van der Waals surface area contributed by atoms with Gasteiger partial charge in [-0.15, -0.1) is 24.0 Å². The molecule has 132 valence electrons. The van der Waals surface area contributed by atoms with Crippen molar-refractivity contribution in [2.75, 3.05) is 52.3 Å². The second-order valence-corrected chi connectivity index (χ2v) is 5.03. The van der Waals surface area contributed by atoms with Crippen LogP contribution < -0.4 is 15.5 Å². The van der Waals surface area contributed by atoms with Crippen molar-refractivity contribution in [3.8, 4) is 0 Å². The lowest BCUT2D eigenvalue weighted by Crippen LogP contribution is -2.39. The van der Waals surface area contributed by atoms with E-state index in [1.54, 1.807) is 26.3 Å². The van der Waals surface area contributed by atoms with Crippen LogP contribution in [0.25, 0.3) is 0 Å². The molecule has 0 saturated carbocycles. The van der Waals surface area contributed by atoms with Crippen LogP contribution in [0.5, 0.6) is 0 Å². The van der Waals surface area contributed by atoms with Gasteiger partial charge in [-0.25, -0.2) is 4.39 Å². The van der Waals surface area contributed by atoms with Crippen LogP contribution in [0.3, 0.4) is 0 Å².